The Morgan fingerprint density at radius 1 is 1.26 bits per heavy atom. The zero-order chi connectivity index (χ0) is 19.4. The van der Waals surface area contributed by atoms with Crippen LogP contribution in [0, 0.1) is 0 Å². The van der Waals surface area contributed by atoms with Gasteiger partial charge < -0.3 is 4.57 Å². The summed E-state index contributed by atoms with van der Waals surface area (Å²) in [6, 6.07) is 8.05. The number of aromatic nitrogens is 4. The van der Waals surface area contributed by atoms with Gasteiger partial charge in [0, 0.05) is 11.8 Å². The van der Waals surface area contributed by atoms with Gasteiger partial charge in [-0.3, -0.25) is 4.79 Å². The molecule has 0 saturated carbocycles. The van der Waals surface area contributed by atoms with Crippen molar-refractivity contribution in [3.63, 3.8) is 0 Å². The molecular weight excluding hydrogens is 400 g/mol. The lowest BCUT2D eigenvalue weighted by molar-refractivity contribution is 0.568. The summed E-state index contributed by atoms with van der Waals surface area (Å²) >= 11 is 9.68. The predicted molar refractivity (Wildman–Crippen MR) is 116 cm³/mol. The van der Waals surface area contributed by atoms with Gasteiger partial charge in [-0.25, -0.2) is 9.67 Å². The Kier molecular flexibility index (Phi) is 6.89. The number of benzene rings is 1. The summed E-state index contributed by atoms with van der Waals surface area (Å²) in [5, 5.41) is 4.90. The van der Waals surface area contributed by atoms with E-state index in [9.17, 15) is 4.79 Å². The lowest BCUT2D eigenvalue weighted by Gasteiger charge is -2.11. The molecule has 3 rings (SSSR count). The first-order valence-electron chi connectivity index (χ1n) is 8.86. The Hall–Kier alpha value is -1.44. The van der Waals surface area contributed by atoms with Crippen molar-refractivity contribution < 1.29 is 0 Å². The molecule has 2 aromatic heterocycles. The molecule has 0 N–H and O–H groups in total. The number of thioether (sulfide) groups is 2. The summed E-state index contributed by atoms with van der Waals surface area (Å²) in [5.74, 6) is 1.91. The second-order valence-electron chi connectivity index (χ2n) is 6.47. The average molecular weight is 423 g/mol. The molecule has 0 amide bonds. The minimum Gasteiger partial charge on any atom is -0.326 e. The van der Waals surface area contributed by atoms with Gasteiger partial charge >= 0.3 is 0 Å². The molecule has 27 heavy (non-hydrogen) atoms. The van der Waals surface area contributed by atoms with Crippen molar-refractivity contribution in [2.24, 2.45) is 0 Å². The van der Waals surface area contributed by atoms with Gasteiger partial charge in [-0.15, -0.1) is 11.8 Å². The first-order valence-corrected chi connectivity index (χ1v) is 11.5. The maximum absolute atomic E-state index is 12.7. The van der Waals surface area contributed by atoms with Gasteiger partial charge in [0.1, 0.15) is 17.4 Å². The van der Waals surface area contributed by atoms with Crippen LogP contribution in [0.15, 0.2) is 40.2 Å². The summed E-state index contributed by atoms with van der Waals surface area (Å²) in [6.45, 7) is 5.28. The highest BCUT2D eigenvalue weighted by atomic mass is 35.5. The number of halogens is 1. The molecule has 1 aromatic carbocycles. The van der Waals surface area contributed by atoms with E-state index >= 15 is 0 Å². The van der Waals surface area contributed by atoms with Gasteiger partial charge in [0.15, 0.2) is 0 Å². The van der Waals surface area contributed by atoms with E-state index in [4.69, 9.17) is 16.6 Å². The fourth-order valence-electron chi connectivity index (χ4n) is 2.90. The highest BCUT2D eigenvalue weighted by molar-refractivity contribution is 8.00. The van der Waals surface area contributed by atoms with E-state index in [1.165, 1.54) is 4.68 Å². The third kappa shape index (κ3) is 4.70. The molecule has 2 heterocycles. The van der Waals surface area contributed by atoms with Crippen LogP contribution in [0.5, 0.6) is 0 Å². The molecule has 0 aliphatic rings. The zero-order valence-electron chi connectivity index (χ0n) is 15.7. The number of imidazole rings is 1. The molecule has 0 spiro atoms. The topological polar surface area (TPSA) is 52.7 Å². The largest absolute Gasteiger partial charge is 0.326 e. The Balaban J connectivity index is 1.95. The number of fused-ring (bicyclic) bond motifs is 1. The summed E-state index contributed by atoms with van der Waals surface area (Å²) in [5.41, 5.74) is 1.74. The highest BCUT2D eigenvalue weighted by Gasteiger charge is 2.15. The monoisotopic (exact) mass is 422 g/mol. The van der Waals surface area contributed by atoms with E-state index in [1.807, 2.05) is 30.0 Å². The third-order valence-corrected chi connectivity index (χ3v) is 6.28. The van der Waals surface area contributed by atoms with Crippen LogP contribution in [0.1, 0.15) is 26.1 Å². The van der Waals surface area contributed by atoms with Gasteiger partial charge in [0.25, 0.3) is 5.56 Å². The normalized spacial score (nSPS) is 11.6. The first-order chi connectivity index (χ1) is 13.0. The molecule has 3 aromatic rings. The van der Waals surface area contributed by atoms with Crippen molar-refractivity contribution in [3.05, 3.63) is 51.7 Å². The quantitative estimate of drug-likeness (QED) is 0.393. The molecule has 5 nitrogen and oxygen atoms in total. The number of hydrogen-bond acceptors (Lipinski definition) is 5. The third-order valence-electron chi connectivity index (χ3n) is 4.07. The van der Waals surface area contributed by atoms with Crippen molar-refractivity contribution in [2.45, 2.75) is 43.5 Å². The van der Waals surface area contributed by atoms with Crippen LogP contribution in [-0.4, -0.2) is 36.6 Å². The molecule has 0 radical (unpaired) electrons. The van der Waals surface area contributed by atoms with E-state index in [0.29, 0.717) is 11.8 Å². The van der Waals surface area contributed by atoms with E-state index in [-0.39, 0.29) is 10.6 Å². The molecular formula is C19H23ClN4OS2. The van der Waals surface area contributed by atoms with Crippen molar-refractivity contribution in [2.75, 3.05) is 12.0 Å². The van der Waals surface area contributed by atoms with Crippen molar-refractivity contribution >= 4 is 46.2 Å². The lowest BCUT2D eigenvalue weighted by atomic mass is 10.3. The second-order valence-corrected chi connectivity index (χ2v) is 9.45. The van der Waals surface area contributed by atoms with Gasteiger partial charge in [-0.1, -0.05) is 37.6 Å². The van der Waals surface area contributed by atoms with E-state index in [1.54, 1.807) is 18.0 Å². The molecule has 144 valence electrons. The number of aryl methyl sites for hydroxylation is 1. The summed E-state index contributed by atoms with van der Waals surface area (Å²) in [4.78, 5) is 18.1. The van der Waals surface area contributed by atoms with Crippen molar-refractivity contribution in [1.29, 1.82) is 0 Å². The van der Waals surface area contributed by atoms with Crippen LogP contribution in [-0.2, 0) is 13.1 Å². The zero-order valence-corrected chi connectivity index (χ0v) is 18.1. The minimum atomic E-state index is -0.273. The fraction of sp³-hybridized carbons (Fsp3) is 0.421. The highest BCUT2D eigenvalue weighted by Crippen LogP contribution is 2.27. The smallest absolute Gasteiger partial charge is 0.287 e. The molecule has 0 bridgehead atoms. The molecule has 0 atom stereocenters. The molecule has 8 heteroatoms. The van der Waals surface area contributed by atoms with Crippen LogP contribution in [0.2, 0.25) is 5.02 Å². The predicted octanol–water partition coefficient (Wildman–Crippen LogP) is 4.55. The number of rotatable bonds is 8. The molecule has 0 aliphatic heterocycles. The molecule has 0 aliphatic carbocycles. The summed E-state index contributed by atoms with van der Waals surface area (Å²) in [6.07, 6.45) is 4.83. The van der Waals surface area contributed by atoms with Crippen molar-refractivity contribution in [3.8, 4) is 0 Å². The van der Waals surface area contributed by atoms with Crippen LogP contribution in [0.3, 0.4) is 0 Å². The van der Waals surface area contributed by atoms with Crippen LogP contribution in [0.4, 0.5) is 0 Å². The Labute approximate surface area is 172 Å². The van der Waals surface area contributed by atoms with E-state index in [2.05, 4.69) is 35.8 Å². The SMILES string of the molecule is CSCCCn1c(Cn2ncc(SC(C)C)c(Cl)c2=O)nc2ccccc21. The summed E-state index contributed by atoms with van der Waals surface area (Å²) in [7, 11) is 0. The lowest BCUT2D eigenvalue weighted by Crippen LogP contribution is -2.26. The van der Waals surface area contributed by atoms with E-state index < -0.39 is 0 Å². The maximum atomic E-state index is 12.7. The molecule has 0 unspecified atom stereocenters. The van der Waals surface area contributed by atoms with Crippen molar-refractivity contribution in [1.82, 2.24) is 19.3 Å². The number of para-hydroxylation sites is 2. The fourth-order valence-corrected chi connectivity index (χ4v) is 4.40. The Morgan fingerprint density at radius 3 is 2.78 bits per heavy atom. The van der Waals surface area contributed by atoms with Gasteiger partial charge in [-0.05, 0) is 30.6 Å². The van der Waals surface area contributed by atoms with Crippen LogP contribution >= 0.6 is 35.1 Å². The van der Waals surface area contributed by atoms with Gasteiger partial charge in [-0.2, -0.15) is 16.9 Å². The number of hydrogen-bond donors (Lipinski definition) is 0. The summed E-state index contributed by atoms with van der Waals surface area (Å²) < 4.78 is 3.59. The first kappa shape index (κ1) is 20.3. The average Bonchev–Trinajstić information content (AvgIpc) is 2.99. The van der Waals surface area contributed by atoms with Crippen LogP contribution < -0.4 is 5.56 Å². The van der Waals surface area contributed by atoms with Crippen LogP contribution in [0.25, 0.3) is 11.0 Å². The Morgan fingerprint density at radius 2 is 2.04 bits per heavy atom. The Bertz CT molecular complexity index is 983. The second kappa shape index (κ2) is 9.17. The minimum absolute atomic E-state index is 0.230. The number of nitrogens with zero attached hydrogens (tertiary/aromatic N) is 4. The van der Waals surface area contributed by atoms with Gasteiger partial charge in [0.2, 0.25) is 0 Å². The maximum Gasteiger partial charge on any atom is 0.287 e. The standard InChI is InChI=1S/C19H23ClN4OS2/c1-13(2)27-16-11-21-24(19(25)18(16)20)12-17-22-14-7-4-5-8-15(14)23(17)9-6-10-26-3/h4-5,7-8,11,13H,6,9-10,12H2,1-3H3. The molecule has 0 saturated heterocycles. The van der Waals surface area contributed by atoms with E-state index in [0.717, 1.165) is 40.5 Å². The molecule has 0 fully saturated rings. The van der Waals surface area contributed by atoms with Gasteiger partial charge in [0.05, 0.1) is 22.1 Å².